The fourth-order valence-electron chi connectivity index (χ4n) is 1.11. The molecule has 1 nitrogen and oxygen atoms in total. The van der Waals surface area contributed by atoms with E-state index in [1.165, 1.54) is 12.1 Å². The highest BCUT2D eigenvalue weighted by molar-refractivity contribution is 9.10. The quantitative estimate of drug-likeness (QED) is 0.821. The second-order valence-electron chi connectivity index (χ2n) is 2.97. The Kier molecular flexibility index (Phi) is 3.38. The molecule has 0 unspecified atom stereocenters. The number of benzene rings is 1. The number of hydrogen-bond acceptors (Lipinski definition) is 2. The Bertz CT molecular complexity index is 438. The molecule has 2 aromatic rings. The minimum Gasteiger partial charge on any atom is -0.488 e. The Labute approximate surface area is 99.6 Å². The molecule has 1 heterocycles. The maximum Gasteiger partial charge on any atom is 0.123 e. The van der Waals surface area contributed by atoms with Gasteiger partial charge in [0.05, 0.1) is 0 Å². The van der Waals surface area contributed by atoms with Crippen LogP contribution < -0.4 is 4.74 Å². The molecule has 0 saturated carbocycles. The van der Waals surface area contributed by atoms with Crippen LogP contribution in [0.3, 0.4) is 0 Å². The van der Waals surface area contributed by atoms with E-state index in [-0.39, 0.29) is 5.82 Å². The summed E-state index contributed by atoms with van der Waals surface area (Å²) in [7, 11) is 0. The molecule has 0 N–H and O–H groups in total. The Morgan fingerprint density at radius 3 is 2.60 bits per heavy atom. The van der Waals surface area contributed by atoms with Crippen molar-refractivity contribution in [1.82, 2.24) is 0 Å². The molecule has 0 atom stereocenters. The van der Waals surface area contributed by atoms with Crippen LogP contribution >= 0.6 is 27.3 Å². The van der Waals surface area contributed by atoms with Gasteiger partial charge in [-0.15, -0.1) is 11.3 Å². The third-order valence-electron chi connectivity index (χ3n) is 1.82. The molecule has 0 aliphatic heterocycles. The van der Waals surface area contributed by atoms with Crippen LogP contribution in [0.25, 0.3) is 0 Å². The number of ether oxygens (including phenoxy) is 1. The molecular formula is C11H8BrFOS. The number of hydrogen-bond donors (Lipinski definition) is 0. The van der Waals surface area contributed by atoms with Crippen molar-refractivity contribution in [3.8, 4) is 5.75 Å². The highest BCUT2D eigenvalue weighted by atomic mass is 79.9. The Hall–Kier alpha value is -0.870. The second kappa shape index (κ2) is 4.77. The van der Waals surface area contributed by atoms with E-state index in [0.29, 0.717) is 12.4 Å². The monoisotopic (exact) mass is 286 g/mol. The topological polar surface area (TPSA) is 9.23 Å². The molecule has 0 saturated heterocycles. The van der Waals surface area contributed by atoms with Gasteiger partial charge >= 0.3 is 0 Å². The predicted octanol–water partition coefficient (Wildman–Crippen LogP) is 4.23. The summed E-state index contributed by atoms with van der Waals surface area (Å²) in [6, 6.07) is 8.03. The summed E-state index contributed by atoms with van der Waals surface area (Å²) in [5.74, 6) is 0.433. The molecule has 78 valence electrons. The minimum absolute atomic E-state index is 0.249. The standard InChI is InChI=1S/C11H8BrFOS/c12-8-5-11(15-7-8)6-14-10-3-1-9(13)2-4-10/h1-5,7H,6H2. The summed E-state index contributed by atoms with van der Waals surface area (Å²) < 4.78 is 19.1. The lowest BCUT2D eigenvalue weighted by Gasteiger charge is -2.03. The average molecular weight is 287 g/mol. The van der Waals surface area contributed by atoms with Gasteiger partial charge in [-0.2, -0.15) is 0 Å². The molecule has 1 aromatic heterocycles. The zero-order valence-corrected chi connectivity index (χ0v) is 10.1. The normalized spacial score (nSPS) is 10.3. The fourth-order valence-corrected chi connectivity index (χ4v) is 2.48. The Morgan fingerprint density at radius 2 is 2.00 bits per heavy atom. The molecule has 0 aliphatic rings. The van der Waals surface area contributed by atoms with Crippen LogP contribution in [0.15, 0.2) is 40.2 Å². The summed E-state index contributed by atoms with van der Waals surface area (Å²) >= 11 is 5.00. The van der Waals surface area contributed by atoms with Gasteiger partial charge in [-0.3, -0.25) is 0 Å². The fraction of sp³-hybridized carbons (Fsp3) is 0.0909. The van der Waals surface area contributed by atoms with Crippen LogP contribution in [-0.4, -0.2) is 0 Å². The molecule has 0 amide bonds. The van der Waals surface area contributed by atoms with E-state index in [0.717, 1.165) is 9.35 Å². The number of thiophene rings is 1. The van der Waals surface area contributed by atoms with Gasteiger partial charge in [0.1, 0.15) is 18.2 Å². The van der Waals surface area contributed by atoms with Crippen molar-refractivity contribution in [2.75, 3.05) is 0 Å². The number of rotatable bonds is 3. The summed E-state index contributed by atoms with van der Waals surface area (Å²) in [5.41, 5.74) is 0. The molecule has 0 bridgehead atoms. The Morgan fingerprint density at radius 1 is 1.27 bits per heavy atom. The molecule has 4 heteroatoms. The zero-order chi connectivity index (χ0) is 10.7. The van der Waals surface area contributed by atoms with Crippen molar-refractivity contribution in [2.24, 2.45) is 0 Å². The predicted molar refractivity (Wildman–Crippen MR) is 62.8 cm³/mol. The minimum atomic E-state index is -0.249. The summed E-state index contributed by atoms with van der Waals surface area (Å²) in [6.07, 6.45) is 0. The first kappa shape index (κ1) is 10.6. The second-order valence-corrected chi connectivity index (χ2v) is 4.89. The molecule has 0 aliphatic carbocycles. The van der Waals surface area contributed by atoms with E-state index in [1.807, 2.05) is 11.4 Å². The molecule has 0 fully saturated rings. The van der Waals surface area contributed by atoms with E-state index in [4.69, 9.17) is 4.74 Å². The van der Waals surface area contributed by atoms with Gasteiger partial charge in [-0.25, -0.2) is 4.39 Å². The highest BCUT2D eigenvalue weighted by Crippen LogP contribution is 2.21. The third kappa shape index (κ3) is 3.04. The summed E-state index contributed by atoms with van der Waals surface area (Å²) in [4.78, 5) is 1.13. The van der Waals surface area contributed by atoms with Crippen molar-refractivity contribution < 1.29 is 9.13 Å². The van der Waals surface area contributed by atoms with Crippen LogP contribution in [0.2, 0.25) is 0 Å². The van der Waals surface area contributed by atoms with Crippen molar-refractivity contribution in [2.45, 2.75) is 6.61 Å². The van der Waals surface area contributed by atoms with Crippen molar-refractivity contribution >= 4 is 27.3 Å². The first-order valence-corrected chi connectivity index (χ1v) is 6.02. The van der Waals surface area contributed by atoms with Gasteiger partial charge in [-0.05, 0) is 46.3 Å². The molecule has 2 rings (SSSR count). The van der Waals surface area contributed by atoms with Crippen molar-refractivity contribution in [1.29, 1.82) is 0 Å². The maximum absolute atomic E-state index is 12.6. The lowest BCUT2D eigenvalue weighted by molar-refractivity contribution is 0.309. The van der Waals surface area contributed by atoms with Crippen LogP contribution in [-0.2, 0) is 6.61 Å². The lowest BCUT2D eigenvalue weighted by atomic mass is 10.3. The lowest BCUT2D eigenvalue weighted by Crippen LogP contribution is -1.92. The van der Waals surface area contributed by atoms with Gasteiger partial charge in [0.2, 0.25) is 0 Å². The third-order valence-corrected chi connectivity index (χ3v) is 3.49. The van der Waals surface area contributed by atoms with Crippen LogP contribution in [0.5, 0.6) is 5.75 Å². The van der Waals surface area contributed by atoms with Gasteiger partial charge < -0.3 is 4.74 Å². The highest BCUT2D eigenvalue weighted by Gasteiger charge is 1.99. The number of halogens is 2. The molecular weight excluding hydrogens is 279 g/mol. The summed E-state index contributed by atoms with van der Waals surface area (Å²) in [6.45, 7) is 0.516. The first-order chi connectivity index (χ1) is 7.24. The first-order valence-electron chi connectivity index (χ1n) is 4.35. The van der Waals surface area contributed by atoms with Crippen LogP contribution in [0.4, 0.5) is 4.39 Å². The van der Waals surface area contributed by atoms with E-state index in [2.05, 4.69) is 15.9 Å². The smallest absolute Gasteiger partial charge is 0.123 e. The van der Waals surface area contributed by atoms with E-state index < -0.39 is 0 Å². The van der Waals surface area contributed by atoms with E-state index in [9.17, 15) is 4.39 Å². The largest absolute Gasteiger partial charge is 0.488 e. The molecule has 0 radical (unpaired) electrons. The SMILES string of the molecule is Fc1ccc(OCc2cc(Br)cs2)cc1. The molecule has 15 heavy (non-hydrogen) atoms. The van der Waals surface area contributed by atoms with Crippen molar-refractivity contribution in [3.63, 3.8) is 0 Å². The van der Waals surface area contributed by atoms with Gasteiger partial charge in [-0.1, -0.05) is 0 Å². The van der Waals surface area contributed by atoms with Crippen LogP contribution in [0.1, 0.15) is 4.88 Å². The maximum atomic E-state index is 12.6. The van der Waals surface area contributed by atoms with Gasteiger partial charge in [0, 0.05) is 14.7 Å². The van der Waals surface area contributed by atoms with Gasteiger partial charge in [0.15, 0.2) is 0 Å². The molecule has 0 spiro atoms. The average Bonchev–Trinajstić information content (AvgIpc) is 2.64. The van der Waals surface area contributed by atoms with Crippen LogP contribution in [0, 0.1) is 5.82 Å². The van der Waals surface area contributed by atoms with E-state index >= 15 is 0 Å². The van der Waals surface area contributed by atoms with Crippen molar-refractivity contribution in [3.05, 3.63) is 50.9 Å². The van der Waals surface area contributed by atoms with E-state index in [1.54, 1.807) is 23.5 Å². The summed E-state index contributed by atoms with van der Waals surface area (Å²) in [5, 5.41) is 2.00. The zero-order valence-electron chi connectivity index (χ0n) is 7.74. The Balaban J connectivity index is 1.96. The van der Waals surface area contributed by atoms with Gasteiger partial charge in [0.25, 0.3) is 0 Å². The molecule has 1 aromatic carbocycles.